The van der Waals surface area contributed by atoms with Gasteiger partial charge in [0.1, 0.15) is 0 Å². The van der Waals surface area contributed by atoms with Crippen molar-refractivity contribution in [3.63, 3.8) is 0 Å². The van der Waals surface area contributed by atoms with Crippen molar-refractivity contribution in [1.82, 2.24) is 18.8 Å². The Hall–Kier alpha value is -1.64. The van der Waals surface area contributed by atoms with E-state index in [2.05, 4.69) is 9.62 Å². The summed E-state index contributed by atoms with van der Waals surface area (Å²) in [6, 6.07) is 5.16. The Balaban J connectivity index is 1.67. The van der Waals surface area contributed by atoms with E-state index < -0.39 is 10.0 Å². The molecule has 0 saturated carbocycles. The van der Waals surface area contributed by atoms with Crippen molar-refractivity contribution in [2.45, 2.75) is 42.7 Å². The van der Waals surface area contributed by atoms with Crippen LogP contribution in [0.3, 0.4) is 0 Å². The number of fused-ring (bicyclic) bond motifs is 2. The molecule has 0 bridgehead atoms. The van der Waals surface area contributed by atoms with Gasteiger partial charge in [-0.1, -0.05) is 0 Å². The third-order valence-corrected chi connectivity index (χ3v) is 7.19. The Bertz CT molecular complexity index is 976. The molecule has 0 unspecified atom stereocenters. The highest BCUT2D eigenvalue weighted by Crippen LogP contribution is 2.28. The molecular weight excluding hydrogens is 340 g/mol. The van der Waals surface area contributed by atoms with E-state index in [1.165, 1.54) is 9.13 Å². The van der Waals surface area contributed by atoms with Gasteiger partial charge in [-0.2, -0.15) is 0 Å². The predicted octanol–water partition coefficient (Wildman–Crippen LogP) is 0.782. The van der Waals surface area contributed by atoms with Crippen LogP contribution in [0.4, 0.5) is 0 Å². The standard InChI is InChI=1S/C17H24N4O3S/c1-19-15-8-7-12(11-16(15)20(2)17(19)22)25(23,24)18-13-5-3-9-21-10-4-6-14(13)21/h7-8,11,13-14,18H,3-6,9-10H2,1-2H3/t13-,14-/m0/s1. The summed E-state index contributed by atoms with van der Waals surface area (Å²) in [6.45, 7) is 2.14. The molecule has 0 aliphatic carbocycles. The van der Waals surface area contributed by atoms with Gasteiger partial charge in [0.15, 0.2) is 0 Å². The fourth-order valence-electron chi connectivity index (χ4n) is 4.35. The summed E-state index contributed by atoms with van der Waals surface area (Å²) in [5.41, 5.74) is 1.19. The van der Waals surface area contributed by atoms with Gasteiger partial charge in [0, 0.05) is 26.2 Å². The van der Waals surface area contributed by atoms with Crippen molar-refractivity contribution in [3.05, 3.63) is 28.7 Å². The van der Waals surface area contributed by atoms with Gasteiger partial charge >= 0.3 is 5.69 Å². The van der Waals surface area contributed by atoms with Crippen LogP contribution in [0.5, 0.6) is 0 Å². The minimum atomic E-state index is -3.61. The third-order valence-electron chi connectivity index (χ3n) is 5.70. The first-order valence-electron chi connectivity index (χ1n) is 8.80. The van der Waals surface area contributed by atoms with E-state index in [-0.39, 0.29) is 16.6 Å². The number of benzene rings is 1. The fraction of sp³-hybridized carbons (Fsp3) is 0.588. The second kappa shape index (κ2) is 5.96. The van der Waals surface area contributed by atoms with Crippen molar-refractivity contribution in [2.75, 3.05) is 13.1 Å². The van der Waals surface area contributed by atoms with Crippen molar-refractivity contribution < 1.29 is 8.42 Å². The van der Waals surface area contributed by atoms with E-state index in [1.807, 2.05) is 0 Å². The summed E-state index contributed by atoms with van der Waals surface area (Å²) in [4.78, 5) is 14.7. The van der Waals surface area contributed by atoms with Crippen LogP contribution in [-0.2, 0) is 24.1 Å². The predicted molar refractivity (Wildman–Crippen MR) is 96.1 cm³/mol. The molecular formula is C17H24N4O3S. The van der Waals surface area contributed by atoms with Gasteiger partial charge < -0.3 is 0 Å². The highest BCUT2D eigenvalue weighted by atomic mass is 32.2. The summed E-state index contributed by atoms with van der Waals surface area (Å²) < 4.78 is 31.8. The lowest BCUT2D eigenvalue weighted by molar-refractivity contribution is 0.166. The van der Waals surface area contributed by atoms with Crippen LogP contribution >= 0.6 is 0 Å². The number of hydrogen-bond acceptors (Lipinski definition) is 4. The molecule has 8 heteroatoms. The first-order chi connectivity index (χ1) is 11.9. The topological polar surface area (TPSA) is 76.3 Å². The van der Waals surface area contributed by atoms with Crippen molar-refractivity contribution in [1.29, 1.82) is 0 Å². The van der Waals surface area contributed by atoms with Gasteiger partial charge in [-0.25, -0.2) is 17.9 Å². The minimum Gasteiger partial charge on any atom is -0.299 e. The lowest BCUT2D eigenvalue weighted by atomic mass is 9.97. The van der Waals surface area contributed by atoms with Crippen LogP contribution in [0.2, 0.25) is 0 Å². The van der Waals surface area contributed by atoms with Gasteiger partial charge in [-0.15, -0.1) is 0 Å². The molecule has 136 valence electrons. The Morgan fingerprint density at radius 2 is 1.72 bits per heavy atom. The lowest BCUT2D eigenvalue weighted by Crippen LogP contribution is -2.52. The number of imidazole rings is 1. The second-order valence-corrected chi connectivity index (χ2v) is 8.88. The average molecular weight is 364 g/mol. The first kappa shape index (κ1) is 16.8. The summed E-state index contributed by atoms with van der Waals surface area (Å²) in [5, 5.41) is 0. The number of sulfonamides is 1. The van der Waals surface area contributed by atoms with E-state index >= 15 is 0 Å². The molecule has 2 aromatic rings. The molecule has 1 aromatic carbocycles. The van der Waals surface area contributed by atoms with E-state index in [0.29, 0.717) is 11.6 Å². The molecule has 2 saturated heterocycles. The molecule has 0 radical (unpaired) electrons. The molecule has 2 aliphatic heterocycles. The highest BCUT2D eigenvalue weighted by Gasteiger charge is 2.36. The molecule has 25 heavy (non-hydrogen) atoms. The Kier molecular flexibility index (Phi) is 4.01. The van der Waals surface area contributed by atoms with Gasteiger partial charge in [0.2, 0.25) is 10.0 Å². The monoisotopic (exact) mass is 364 g/mol. The molecule has 2 aliphatic rings. The van der Waals surface area contributed by atoms with Crippen LogP contribution < -0.4 is 10.4 Å². The molecule has 0 spiro atoms. The molecule has 2 atom stereocenters. The molecule has 3 heterocycles. The molecule has 1 N–H and O–H groups in total. The number of aryl methyl sites for hydroxylation is 2. The SMILES string of the molecule is Cn1c(=O)n(C)c2cc(S(=O)(=O)N[C@H]3CCCN4CCC[C@@H]34)ccc21. The van der Waals surface area contributed by atoms with Crippen molar-refractivity contribution in [2.24, 2.45) is 14.1 Å². The largest absolute Gasteiger partial charge is 0.328 e. The van der Waals surface area contributed by atoms with Crippen LogP contribution in [0.15, 0.2) is 27.9 Å². The van der Waals surface area contributed by atoms with E-state index in [1.54, 1.807) is 32.3 Å². The third kappa shape index (κ3) is 2.72. The number of rotatable bonds is 3. The van der Waals surface area contributed by atoms with E-state index in [0.717, 1.165) is 44.3 Å². The maximum absolute atomic E-state index is 12.9. The van der Waals surface area contributed by atoms with Crippen molar-refractivity contribution in [3.8, 4) is 0 Å². The van der Waals surface area contributed by atoms with Crippen LogP contribution in [-0.4, -0.2) is 47.6 Å². The summed E-state index contributed by atoms with van der Waals surface area (Å²) in [7, 11) is -0.265. The molecule has 4 rings (SSSR count). The van der Waals surface area contributed by atoms with Gasteiger partial charge in [0.05, 0.1) is 15.9 Å². The number of nitrogens with zero attached hydrogens (tertiary/aromatic N) is 3. The van der Waals surface area contributed by atoms with E-state index in [4.69, 9.17) is 0 Å². The fourth-order valence-corrected chi connectivity index (χ4v) is 5.67. The quantitative estimate of drug-likeness (QED) is 0.873. The molecule has 2 fully saturated rings. The van der Waals surface area contributed by atoms with Crippen LogP contribution in [0.1, 0.15) is 25.7 Å². The van der Waals surface area contributed by atoms with Crippen molar-refractivity contribution >= 4 is 21.1 Å². The van der Waals surface area contributed by atoms with Gasteiger partial charge in [-0.05, 0) is 57.0 Å². The smallest absolute Gasteiger partial charge is 0.299 e. The zero-order valence-corrected chi connectivity index (χ0v) is 15.4. The summed E-state index contributed by atoms with van der Waals surface area (Å²) in [5.74, 6) is 0. The maximum atomic E-state index is 12.9. The van der Waals surface area contributed by atoms with E-state index in [9.17, 15) is 13.2 Å². The lowest BCUT2D eigenvalue weighted by Gasteiger charge is -2.36. The molecule has 0 amide bonds. The molecule has 7 nitrogen and oxygen atoms in total. The van der Waals surface area contributed by atoms with Crippen LogP contribution in [0.25, 0.3) is 11.0 Å². The summed E-state index contributed by atoms with van der Waals surface area (Å²) in [6.07, 6.45) is 4.10. The average Bonchev–Trinajstić information content (AvgIpc) is 3.15. The highest BCUT2D eigenvalue weighted by molar-refractivity contribution is 7.89. The second-order valence-electron chi connectivity index (χ2n) is 7.17. The normalized spacial score (nSPS) is 24.7. The van der Waals surface area contributed by atoms with Crippen LogP contribution in [0, 0.1) is 0 Å². The van der Waals surface area contributed by atoms with Gasteiger partial charge in [0.25, 0.3) is 0 Å². The Morgan fingerprint density at radius 1 is 1.04 bits per heavy atom. The number of aromatic nitrogens is 2. The minimum absolute atomic E-state index is 0.0310. The number of nitrogens with one attached hydrogen (secondary N) is 1. The summed E-state index contributed by atoms with van der Waals surface area (Å²) >= 11 is 0. The maximum Gasteiger partial charge on any atom is 0.328 e. The van der Waals surface area contributed by atoms with Gasteiger partial charge in [-0.3, -0.25) is 14.0 Å². The number of hydrogen-bond donors (Lipinski definition) is 1. The Labute approximate surface area is 147 Å². The molecule has 1 aromatic heterocycles. The number of piperidine rings is 1. The zero-order valence-electron chi connectivity index (χ0n) is 14.6. The zero-order chi connectivity index (χ0) is 17.8. The Morgan fingerprint density at radius 3 is 2.48 bits per heavy atom. The first-order valence-corrected chi connectivity index (χ1v) is 10.3.